The van der Waals surface area contributed by atoms with E-state index >= 15 is 0 Å². The van der Waals surface area contributed by atoms with Gasteiger partial charge in [-0.1, -0.05) is 29.5 Å². The average molecular weight is 327 g/mol. The fourth-order valence-electron chi connectivity index (χ4n) is 2.54. The van der Waals surface area contributed by atoms with Crippen LogP contribution in [0.1, 0.15) is 28.3 Å². The number of amides is 1. The second-order valence-electron chi connectivity index (χ2n) is 4.87. The Kier molecular flexibility index (Phi) is 3.56. The molecule has 2 N–H and O–H groups in total. The summed E-state index contributed by atoms with van der Waals surface area (Å²) in [4.78, 5) is 16.6. The monoisotopic (exact) mass is 327 g/mol. The zero-order valence-electron chi connectivity index (χ0n) is 11.5. The Balaban J connectivity index is 2.14. The molecule has 1 aliphatic rings. The topological polar surface area (TPSA) is 54.0 Å². The molecule has 1 amide bonds. The van der Waals surface area contributed by atoms with Gasteiger partial charge in [0.2, 0.25) is 5.91 Å². The van der Waals surface area contributed by atoms with Gasteiger partial charge in [-0.05, 0) is 11.6 Å². The molecule has 8 heteroatoms. The zero-order valence-corrected chi connectivity index (χ0v) is 12.3. The minimum absolute atomic E-state index is 0.0224. The van der Waals surface area contributed by atoms with Crippen LogP contribution in [0, 0.1) is 0 Å². The van der Waals surface area contributed by atoms with Crippen LogP contribution in [0.15, 0.2) is 24.3 Å². The normalized spacial score (nSPS) is 17.8. The molecule has 0 saturated carbocycles. The summed E-state index contributed by atoms with van der Waals surface area (Å²) >= 11 is 1.26. The van der Waals surface area contributed by atoms with Crippen molar-refractivity contribution in [1.82, 2.24) is 4.98 Å². The Labute approximate surface area is 128 Å². The molecule has 0 aliphatic carbocycles. The molecule has 1 atom stereocenters. The van der Waals surface area contributed by atoms with Crippen molar-refractivity contribution in [2.24, 2.45) is 0 Å². The molecule has 3 rings (SSSR count). The molecule has 0 fully saturated rings. The number of hydrogen-bond acceptors (Lipinski definition) is 4. The maximum atomic E-state index is 13.2. The molecule has 2 aromatic rings. The molecule has 1 aliphatic heterocycles. The Bertz CT molecular complexity index is 726. The number of rotatable bonds is 2. The largest absolute Gasteiger partial charge is 0.416 e. The van der Waals surface area contributed by atoms with E-state index < -0.39 is 17.7 Å². The molecular formula is C14H12F3N3OS. The number of fused-ring (bicyclic) bond motifs is 1. The predicted molar refractivity (Wildman–Crippen MR) is 78.2 cm³/mol. The fraction of sp³-hybridized carbons (Fsp3) is 0.286. The highest BCUT2D eigenvalue weighted by atomic mass is 32.1. The van der Waals surface area contributed by atoms with Crippen LogP contribution < -0.4 is 10.6 Å². The number of carbonyl (C=O) groups is 1. The van der Waals surface area contributed by atoms with Crippen molar-refractivity contribution in [2.75, 3.05) is 17.7 Å². The van der Waals surface area contributed by atoms with E-state index in [9.17, 15) is 18.0 Å². The number of alkyl halides is 3. The van der Waals surface area contributed by atoms with Crippen LogP contribution in [0.5, 0.6) is 0 Å². The van der Waals surface area contributed by atoms with Gasteiger partial charge in [-0.2, -0.15) is 13.2 Å². The van der Waals surface area contributed by atoms with Crippen LogP contribution in [0.4, 0.5) is 24.1 Å². The van der Waals surface area contributed by atoms with Crippen LogP contribution in [-0.2, 0) is 11.0 Å². The fourth-order valence-corrected chi connectivity index (χ4v) is 3.53. The molecule has 4 nitrogen and oxygen atoms in total. The van der Waals surface area contributed by atoms with Gasteiger partial charge in [-0.3, -0.25) is 4.79 Å². The Morgan fingerprint density at radius 1 is 1.36 bits per heavy atom. The summed E-state index contributed by atoms with van der Waals surface area (Å²) in [7, 11) is 1.67. The number of benzene rings is 1. The van der Waals surface area contributed by atoms with Gasteiger partial charge in [0.05, 0.1) is 10.4 Å². The number of carbonyl (C=O) groups excluding carboxylic acids is 1. The van der Waals surface area contributed by atoms with Crippen LogP contribution >= 0.6 is 11.3 Å². The van der Waals surface area contributed by atoms with Gasteiger partial charge < -0.3 is 10.6 Å². The van der Waals surface area contributed by atoms with E-state index in [2.05, 4.69) is 15.6 Å². The predicted octanol–water partition coefficient (Wildman–Crippen LogP) is 3.68. The van der Waals surface area contributed by atoms with E-state index in [0.717, 1.165) is 6.07 Å². The molecule has 0 bridgehead atoms. The first-order valence-electron chi connectivity index (χ1n) is 6.54. The second-order valence-corrected chi connectivity index (χ2v) is 5.90. The minimum atomic E-state index is -4.46. The zero-order chi connectivity index (χ0) is 15.9. The highest BCUT2D eigenvalue weighted by Crippen LogP contribution is 2.45. The highest BCUT2D eigenvalue weighted by molar-refractivity contribution is 7.16. The number of hydrogen-bond donors (Lipinski definition) is 2. The SMILES string of the molecule is CNc1nc2c(s1)[C@H](c1ccccc1C(F)(F)F)CC(=O)N2. The van der Waals surface area contributed by atoms with Gasteiger partial charge in [-0.15, -0.1) is 0 Å². The van der Waals surface area contributed by atoms with Crippen molar-refractivity contribution >= 4 is 28.2 Å². The first-order chi connectivity index (χ1) is 10.4. The Hall–Kier alpha value is -2.09. The lowest BCUT2D eigenvalue weighted by atomic mass is 9.88. The number of aromatic nitrogens is 1. The summed E-state index contributed by atoms with van der Waals surface area (Å²) in [6.45, 7) is 0. The molecule has 2 heterocycles. The number of halogens is 3. The summed E-state index contributed by atoms with van der Waals surface area (Å²) in [6, 6.07) is 5.37. The van der Waals surface area contributed by atoms with E-state index in [4.69, 9.17) is 0 Å². The average Bonchev–Trinajstić information content (AvgIpc) is 2.88. The van der Waals surface area contributed by atoms with Crippen molar-refractivity contribution in [2.45, 2.75) is 18.5 Å². The maximum Gasteiger partial charge on any atom is 0.416 e. The van der Waals surface area contributed by atoms with Crippen molar-refractivity contribution in [3.63, 3.8) is 0 Å². The van der Waals surface area contributed by atoms with Crippen LogP contribution in [0.2, 0.25) is 0 Å². The Morgan fingerprint density at radius 2 is 2.09 bits per heavy atom. The minimum Gasteiger partial charge on any atom is -0.365 e. The first-order valence-corrected chi connectivity index (χ1v) is 7.36. The Morgan fingerprint density at radius 3 is 2.77 bits per heavy atom. The highest BCUT2D eigenvalue weighted by Gasteiger charge is 2.38. The maximum absolute atomic E-state index is 13.2. The second kappa shape index (κ2) is 5.28. The van der Waals surface area contributed by atoms with E-state index in [1.807, 2.05) is 0 Å². The molecule has 0 saturated heterocycles. The van der Waals surface area contributed by atoms with E-state index in [1.165, 1.54) is 23.5 Å². The summed E-state index contributed by atoms with van der Waals surface area (Å²) < 4.78 is 39.7. The molecule has 1 aromatic heterocycles. The number of nitrogens with zero attached hydrogens (tertiary/aromatic N) is 1. The van der Waals surface area contributed by atoms with Crippen LogP contribution in [-0.4, -0.2) is 17.9 Å². The lowest BCUT2D eigenvalue weighted by molar-refractivity contribution is -0.138. The molecule has 22 heavy (non-hydrogen) atoms. The van der Waals surface area contributed by atoms with Gasteiger partial charge in [-0.25, -0.2) is 4.98 Å². The standard InChI is InChI=1S/C14H12F3N3OS/c1-18-13-20-12-11(22-13)8(6-10(21)19-12)7-4-2-3-5-9(7)14(15,16)17/h2-5,8H,6H2,1H3,(H,18,20)(H,19,21)/t8-/m0/s1. The van der Waals surface area contributed by atoms with Crippen molar-refractivity contribution in [1.29, 1.82) is 0 Å². The van der Waals surface area contributed by atoms with Crippen LogP contribution in [0.3, 0.4) is 0 Å². The molecular weight excluding hydrogens is 315 g/mol. The summed E-state index contributed by atoms with van der Waals surface area (Å²) in [5.74, 6) is -0.629. The van der Waals surface area contributed by atoms with Crippen molar-refractivity contribution in [3.05, 3.63) is 40.3 Å². The number of nitrogens with one attached hydrogen (secondary N) is 2. The molecule has 0 unspecified atom stereocenters. The van der Waals surface area contributed by atoms with Gasteiger partial charge in [0.1, 0.15) is 5.82 Å². The van der Waals surface area contributed by atoms with Crippen molar-refractivity contribution in [3.8, 4) is 0 Å². The van der Waals surface area contributed by atoms with Gasteiger partial charge in [0, 0.05) is 19.4 Å². The molecule has 116 valence electrons. The third-order valence-electron chi connectivity index (χ3n) is 3.47. The number of thiazole rings is 1. The van der Waals surface area contributed by atoms with Crippen LogP contribution in [0.25, 0.3) is 0 Å². The van der Waals surface area contributed by atoms with Gasteiger partial charge in [0.25, 0.3) is 0 Å². The third kappa shape index (κ3) is 2.54. The van der Waals surface area contributed by atoms with Gasteiger partial charge in [0.15, 0.2) is 5.13 Å². The smallest absolute Gasteiger partial charge is 0.365 e. The molecule has 0 radical (unpaired) electrons. The van der Waals surface area contributed by atoms with E-state index in [1.54, 1.807) is 13.1 Å². The number of anilines is 2. The summed E-state index contributed by atoms with van der Waals surface area (Å²) in [6.07, 6.45) is -4.48. The third-order valence-corrected chi connectivity index (χ3v) is 4.66. The summed E-state index contributed by atoms with van der Waals surface area (Å²) in [5.41, 5.74) is -0.600. The van der Waals surface area contributed by atoms with Crippen molar-refractivity contribution < 1.29 is 18.0 Å². The quantitative estimate of drug-likeness (QED) is 0.885. The van der Waals surface area contributed by atoms with E-state index in [0.29, 0.717) is 15.8 Å². The molecule has 1 aromatic carbocycles. The first kappa shape index (κ1) is 14.8. The molecule has 0 spiro atoms. The summed E-state index contributed by atoms with van der Waals surface area (Å²) in [5, 5.41) is 6.02. The lowest BCUT2D eigenvalue weighted by Gasteiger charge is -2.24. The van der Waals surface area contributed by atoms with Gasteiger partial charge >= 0.3 is 6.18 Å². The lowest BCUT2D eigenvalue weighted by Crippen LogP contribution is -2.24. The van der Waals surface area contributed by atoms with E-state index in [-0.39, 0.29) is 17.9 Å².